The lowest BCUT2D eigenvalue weighted by Gasteiger charge is -2.22. The molecule has 0 saturated heterocycles. The Morgan fingerprint density at radius 2 is 1.62 bits per heavy atom. The first-order valence-electron chi connectivity index (χ1n) is 11.1. The van der Waals surface area contributed by atoms with E-state index in [0.717, 1.165) is 22.3 Å². The zero-order valence-electron chi connectivity index (χ0n) is 19.1. The highest BCUT2D eigenvalue weighted by Gasteiger charge is 2.22. The van der Waals surface area contributed by atoms with Gasteiger partial charge in [0.2, 0.25) is 0 Å². The summed E-state index contributed by atoms with van der Waals surface area (Å²) in [5, 5.41) is 5.88. The Hall–Kier alpha value is -4.38. The molecule has 1 aromatic heterocycles. The summed E-state index contributed by atoms with van der Waals surface area (Å²) < 4.78 is 5.41. The maximum absolute atomic E-state index is 13.5. The summed E-state index contributed by atoms with van der Waals surface area (Å²) in [6, 6.07) is 27.9. The van der Waals surface area contributed by atoms with Crippen LogP contribution in [-0.4, -0.2) is 11.8 Å². The molecule has 0 aliphatic heterocycles. The molecule has 0 saturated carbocycles. The molecule has 0 bridgehead atoms. The zero-order valence-corrected chi connectivity index (χ0v) is 19.1. The van der Waals surface area contributed by atoms with Gasteiger partial charge in [-0.2, -0.15) is 0 Å². The van der Waals surface area contributed by atoms with Crippen molar-refractivity contribution in [3.63, 3.8) is 0 Å². The second-order valence-corrected chi connectivity index (χ2v) is 8.07. The molecule has 1 atom stereocenters. The summed E-state index contributed by atoms with van der Waals surface area (Å²) >= 11 is 0. The van der Waals surface area contributed by atoms with E-state index in [0.29, 0.717) is 11.3 Å². The predicted octanol–water partition coefficient (Wildman–Crippen LogP) is 5.57. The van der Waals surface area contributed by atoms with E-state index in [1.807, 2.05) is 80.6 Å². The van der Waals surface area contributed by atoms with Crippen LogP contribution >= 0.6 is 0 Å². The summed E-state index contributed by atoms with van der Waals surface area (Å²) in [6.45, 7) is 3.92. The average Bonchev–Trinajstić information content (AvgIpc) is 3.36. The number of carbonyl (C=O) groups is 2. The van der Waals surface area contributed by atoms with E-state index in [1.54, 1.807) is 24.3 Å². The standard InChI is InChI=1S/C29H26N2O3/c1-20-10-8-14-23(18-20)28(32)30-26(19-24-15-9-17-34-24)29(33)31-27(22-12-4-3-5-13-22)25-16-7-6-11-21(25)2/h3-19,27H,1-2H3,(H,30,32)(H,31,33)/b26-19-/t27-/m0/s1. The molecule has 0 spiro atoms. The maximum atomic E-state index is 13.5. The van der Waals surface area contributed by atoms with E-state index in [2.05, 4.69) is 10.6 Å². The van der Waals surface area contributed by atoms with Gasteiger partial charge in [-0.25, -0.2) is 0 Å². The summed E-state index contributed by atoms with van der Waals surface area (Å²) in [7, 11) is 0. The summed E-state index contributed by atoms with van der Waals surface area (Å²) in [6.07, 6.45) is 3.05. The quantitative estimate of drug-likeness (QED) is 0.362. The summed E-state index contributed by atoms with van der Waals surface area (Å²) in [5.41, 5.74) is 4.49. The predicted molar refractivity (Wildman–Crippen MR) is 133 cm³/mol. The fraction of sp³-hybridized carbons (Fsp3) is 0.103. The van der Waals surface area contributed by atoms with Gasteiger partial charge in [0.25, 0.3) is 11.8 Å². The van der Waals surface area contributed by atoms with Crippen molar-refractivity contribution < 1.29 is 14.0 Å². The molecule has 4 aromatic rings. The fourth-order valence-corrected chi connectivity index (χ4v) is 3.76. The van der Waals surface area contributed by atoms with Crippen molar-refractivity contribution in [1.82, 2.24) is 10.6 Å². The number of rotatable bonds is 7. The lowest BCUT2D eigenvalue weighted by molar-refractivity contribution is -0.118. The van der Waals surface area contributed by atoms with Crippen molar-refractivity contribution in [1.29, 1.82) is 0 Å². The third-order valence-corrected chi connectivity index (χ3v) is 5.51. The summed E-state index contributed by atoms with van der Waals surface area (Å²) in [5.74, 6) is -0.333. The lowest BCUT2D eigenvalue weighted by Crippen LogP contribution is -2.37. The SMILES string of the molecule is Cc1cccc(C(=O)N/C(=C\c2ccco2)C(=O)N[C@@H](c2ccccc2)c2ccccc2C)c1. The van der Waals surface area contributed by atoms with Crippen molar-refractivity contribution in [3.8, 4) is 0 Å². The van der Waals surface area contributed by atoms with Crippen LogP contribution in [0.3, 0.4) is 0 Å². The van der Waals surface area contributed by atoms with Crippen molar-refractivity contribution in [2.45, 2.75) is 19.9 Å². The van der Waals surface area contributed by atoms with Gasteiger partial charge < -0.3 is 15.1 Å². The first-order chi connectivity index (χ1) is 16.5. The molecule has 170 valence electrons. The maximum Gasteiger partial charge on any atom is 0.268 e. The monoisotopic (exact) mass is 450 g/mol. The van der Waals surface area contributed by atoms with Gasteiger partial charge in [-0.3, -0.25) is 9.59 Å². The molecule has 5 nitrogen and oxygen atoms in total. The smallest absolute Gasteiger partial charge is 0.268 e. The summed E-state index contributed by atoms with van der Waals surface area (Å²) in [4.78, 5) is 26.5. The minimum atomic E-state index is -0.422. The van der Waals surface area contributed by atoms with Crippen LogP contribution in [0.25, 0.3) is 6.08 Å². The molecule has 2 N–H and O–H groups in total. The van der Waals surface area contributed by atoms with Gasteiger partial charge in [0.1, 0.15) is 11.5 Å². The largest absolute Gasteiger partial charge is 0.465 e. The molecule has 34 heavy (non-hydrogen) atoms. The van der Waals surface area contributed by atoms with Crippen LogP contribution in [0.5, 0.6) is 0 Å². The number of amides is 2. The van der Waals surface area contributed by atoms with E-state index in [-0.39, 0.29) is 11.6 Å². The van der Waals surface area contributed by atoms with Gasteiger partial charge in [-0.1, -0.05) is 72.3 Å². The molecule has 0 radical (unpaired) electrons. The van der Waals surface area contributed by atoms with Crippen molar-refractivity contribution in [2.24, 2.45) is 0 Å². The van der Waals surface area contributed by atoms with Crippen LogP contribution in [0, 0.1) is 13.8 Å². The Balaban J connectivity index is 1.67. The van der Waals surface area contributed by atoms with E-state index in [1.165, 1.54) is 12.3 Å². The number of furan rings is 1. The van der Waals surface area contributed by atoms with Crippen LogP contribution in [0.2, 0.25) is 0 Å². The molecule has 0 fully saturated rings. The Kier molecular flexibility index (Phi) is 7.04. The number of hydrogen-bond donors (Lipinski definition) is 2. The number of aryl methyl sites for hydroxylation is 2. The van der Waals surface area contributed by atoms with Gasteiger partial charge in [-0.05, 0) is 54.8 Å². The van der Waals surface area contributed by atoms with E-state index < -0.39 is 11.9 Å². The number of carbonyl (C=O) groups excluding carboxylic acids is 2. The second-order valence-electron chi connectivity index (χ2n) is 8.07. The Morgan fingerprint density at radius 1 is 0.853 bits per heavy atom. The lowest BCUT2D eigenvalue weighted by atomic mass is 9.95. The van der Waals surface area contributed by atoms with Gasteiger partial charge in [0.05, 0.1) is 12.3 Å². The molecule has 0 unspecified atom stereocenters. The highest BCUT2D eigenvalue weighted by Crippen LogP contribution is 2.25. The second kappa shape index (κ2) is 10.5. The highest BCUT2D eigenvalue weighted by atomic mass is 16.3. The van der Waals surface area contributed by atoms with Crippen molar-refractivity contribution in [3.05, 3.63) is 137 Å². The van der Waals surface area contributed by atoms with Crippen LogP contribution in [0.15, 0.2) is 107 Å². The van der Waals surface area contributed by atoms with Crippen molar-refractivity contribution in [2.75, 3.05) is 0 Å². The van der Waals surface area contributed by atoms with Gasteiger partial charge in [0, 0.05) is 11.6 Å². The first-order valence-corrected chi connectivity index (χ1v) is 11.1. The first kappa shape index (κ1) is 22.8. The Bertz CT molecular complexity index is 1310. The van der Waals surface area contributed by atoms with Gasteiger partial charge >= 0.3 is 0 Å². The van der Waals surface area contributed by atoms with E-state index in [4.69, 9.17) is 4.42 Å². The highest BCUT2D eigenvalue weighted by molar-refractivity contribution is 6.05. The van der Waals surface area contributed by atoms with E-state index >= 15 is 0 Å². The van der Waals surface area contributed by atoms with E-state index in [9.17, 15) is 9.59 Å². The molecule has 4 rings (SSSR count). The number of nitrogens with one attached hydrogen (secondary N) is 2. The molecule has 3 aromatic carbocycles. The molecular formula is C29H26N2O3. The Labute approximate surface area is 199 Å². The molecule has 5 heteroatoms. The van der Waals surface area contributed by atoms with Gasteiger partial charge in [0.15, 0.2) is 0 Å². The molecule has 0 aliphatic carbocycles. The normalized spacial score (nSPS) is 12.1. The topological polar surface area (TPSA) is 71.3 Å². The average molecular weight is 451 g/mol. The minimum absolute atomic E-state index is 0.0935. The number of hydrogen-bond acceptors (Lipinski definition) is 3. The minimum Gasteiger partial charge on any atom is -0.465 e. The van der Waals surface area contributed by atoms with Gasteiger partial charge in [-0.15, -0.1) is 0 Å². The van der Waals surface area contributed by atoms with Crippen LogP contribution in [0.1, 0.15) is 44.4 Å². The van der Waals surface area contributed by atoms with Crippen LogP contribution in [0.4, 0.5) is 0 Å². The zero-order chi connectivity index (χ0) is 23.9. The fourth-order valence-electron chi connectivity index (χ4n) is 3.76. The third-order valence-electron chi connectivity index (χ3n) is 5.51. The number of benzene rings is 3. The molecule has 2 amide bonds. The van der Waals surface area contributed by atoms with Crippen molar-refractivity contribution >= 4 is 17.9 Å². The molecular weight excluding hydrogens is 424 g/mol. The molecule has 1 heterocycles. The Morgan fingerprint density at radius 3 is 2.32 bits per heavy atom. The third kappa shape index (κ3) is 5.51. The molecule has 0 aliphatic rings. The van der Waals surface area contributed by atoms with Crippen LogP contribution in [-0.2, 0) is 4.79 Å². The van der Waals surface area contributed by atoms with Crippen LogP contribution < -0.4 is 10.6 Å².